The molecule has 2 aromatic rings. The maximum Gasteiger partial charge on any atom is 0.292 e. The SMILES string of the molecule is CC(C)Cc1cc(C(=O)N2CCCC(c3ccccc3)CC2)on1. The number of hydrogen-bond donors (Lipinski definition) is 0. The van der Waals surface area contributed by atoms with Crippen molar-refractivity contribution >= 4 is 5.91 Å². The summed E-state index contributed by atoms with van der Waals surface area (Å²) in [5, 5.41) is 4.04. The van der Waals surface area contributed by atoms with Crippen molar-refractivity contribution in [2.45, 2.75) is 45.4 Å². The number of carbonyl (C=O) groups is 1. The molecule has 0 bridgehead atoms. The predicted octanol–water partition coefficient (Wildman–Crippen LogP) is 4.28. The van der Waals surface area contributed by atoms with Gasteiger partial charge in [0.25, 0.3) is 5.91 Å². The molecular formula is C20H26N2O2. The van der Waals surface area contributed by atoms with Gasteiger partial charge in [-0.2, -0.15) is 0 Å². The summed E-state index contributed by atoms with van der Waals surface area (Å²) in [5.41, 5.74) is 2.25. The Morgan fingerprint density at radius 1 is 1.25 bits per heavy atom. The number of amides is 1. The van der Waals surface area contributed by atoms with Crippen LogP contribution in [0.2, 0.25) is 0 Å². The van der Waals surface area contributed by atoms with Gasteiger partial charge >= 0.3 is 0 Å². The highest BCUT2D eigenvalue weighted by Gasteiger charge is 2.25. The molecule has 1 atom stereocenters. The third-order valence-electron chi connectivity index (χ3n) is 4.67. The number of carbonyl (C=O) groups excluding carboxylic acids is 1. The van der Waals surface area contributed by atoms with Crippen LogP contribution in [0.3, 0.4) is 0 Å². The van der Waals surface area contributed by atoms with Gasteiger partial charge in [-0.05, 0) is 43.1 Å². The van der Waals surface area contributed by atoms with Crippen molar-refractivity contribution in [2.75, 3.05) is 13.1 Å². The predicted molar refractivity (Wildman–Crippen MR) is 94.0 cm³/mol. The van der Waals surface area contributed by atoms with Crippen molar-refractivity contribution in [3.63, 3.8) is 0 Å². The second-order valence-electron chi connectivity index (χ2n) is 7.11. The number of hydrogen-bond acceptors (Lipinski definition) is 3. The van der Waals surface area contributed by atoms with Crippen LogP contribution in [-0.2, 0) is 6.42 Å². The second kappa shape index (κ2) is 7.65. The zero-order chi connectivity index (χ0) is 16.9. The monoisotopic (exact) mass is 326 g/mol. The van der Waals surface area contributed by atoms with Gasteiger partial charge in [0.15, 0.2) is 0 Å². The summed E-state index contributed by atoms with van der Waals surface area (Å²) in [5.74, 6) is 1.40. The minimum Gasteiger partial charge on any atom is -0.351 e. The Hall–Kier alpha value is -2.10. The zero-order valence-corrected chi connectivity index (χ0v) is 14.6. The first-order valence-electron chi connectivity index (χ1n) is 8.93. The van der Waals surface area contributed by atoms with E-state index in [4.69, 9.17) is 4.52 Å². The fraction of sp³-hybridized carbons (Fsp3) is 0.500. The topological polar surface area (TPSA) is 46.3 Å². The quantitative estimate of drug-likeness (QED) is 0.842. The fourth-order valence-electron chi connectivity index (χ4n) is 3.44. The molecule has 1 fully saturated rings. The molecule has 1 aliphatic rings. The first kappa shape index (κ1) is 16.7. The van der Waals surface area contributed by atoms with Gasteiger partial charge in [0.1, 0.15) is 0 Å². The molecule has 128 valence electrons. The van der Waals surface area contributed by atoms with E-state index in [1.165, 1.54) is 5.56 Å². The highest BCUT2D eigenvalue weighted by molar-refractivity contribution is 5.91. The van der Waals surface area contributed by atoms with Gasteiger partial charge in [0, 0.05) is 19.2 Å². The van der Waals surface area contributed by atoms with E-state index in [2.05, 4.69) is 49.3 Å². The van der Waals surface area contributed by atoms with Crippen LogP contribution in [0.5, 0.6) is 0 Å². The van der Waals surface area contributed by atoms with Crippen molar-refractivity contribution in [3.8, 4) is 0 Å². The summed E-state index contributed by atoms with van der Waals surface area (Å²) in [6.45, 7) is 5.84. The van der Waals surface area contributed by atoms with Crippen LogP contribution in [0.15, 0.2) is 40.9 Å². The molecule has 4 nitrogen and oxygen atoms in total. The number of likely N-dealkylation sites (tertiary alicyclic amines) is 1. The number of benzene rings is 1. The van der Waals surface area contributed by atoms with Crippen LogP contribution in [0, 0.1) is 5.92 Å². The third kappa shape index (κ3) is 4.05. The Morgan fingerprint density at radius 3 is 2.79 bits per heavy atom. The van der Waals surface area contributed by atoms with E-state index < -0.39 is 0 Å². The van der Waals surface area contributed by atoms with E-state index in [1.54, 1.807) is 0 Å². The van der Waals surface area contributed by atoms with E-state index in [0.717, 1.165) is 44.5 Å². The van der Waals surface area contributed by atoms with Crippen molar-refractivity contribution in [1.29, 1.82) is 0 Å². The van der Waals surface area contributed by atoms with Crippen molar-refractivity contribution in [1.82, 2.24) is 10.1 Å². The van der Waals surface area contributed by atoms with Crippen LogP contribution < -0.4 is 0 Å². The molecule has 0 aliphatic carbocycles. The normalized spacial score (nSPS) is 18.6. The third-order valence-corrected chi connectivity index (χ3v) is 4.67. The van der Waals surface area contributed by atoms with Crippen LogP contribution in [0.25, 0.3) is 0 Å². The van der Waals surface area contributed by atoms with Gasteiger partial charge in [0.2, 0.25) is 5.76 Å². The van der Waals surface area contributed by atoms with Gasteiger partial charge in [-0.15, -0.1) is 0 Å². The highest BCUT2D eigenvalue weighted by atomic mass is 16.5. The lowest BCUT2D eigenvalue weighted by Crippen LogP contribution is -2.31. The molecule has 1 aromatic carbocycles. The molecule has 1 aromatic heterocycles. The van der Waals surface area contributed by atoms with Crippen LogP contribution in [-0.4, -0.2) is 29.1 Å². The van der Waals surface area contributed by atoms with Crippen molar-refractivity contribution in [3.05, 3.63) is 53.4 Å². The largest absolute Gasteiger partial charge is 0.351 e. The van der Waals surface area contributed by atoms with E-state index in [1.807, 2.05) is 11.0 Å². The second-order valence-corrected chi connectivity index (χ2v) is 7.11. The summed E-state index contributed by atoms with van der Waals surface area (Å²) < 4.78 is 5.29. The van der Waals surface area contributed by atoms with Gasteiger partial charge in [0.05, 0.1) is 5.69 Å². The lowest BCUT2D eigenvalue weighted by atomic mass is 9.92. The summed E-state index contributed by atoms with van der Waals surface area (Å²) in [7, 11) is 0. The average Bonchev–Trinajstić information content (AvgIpc) is 2.90. The lowest BCUT2D eigenvalue weighted by Gasteiger charge is -2.19. The molecule has 1 amide bonds. The van der Waals surface area contributed by atoms with Crippen LogP contribution >= 0.6 is 0 Å². The summed E-state index contributed by atoms with van der Waals surface area (Å²) in [6, 6.07) is 12.4. The van der Waals surface area contributed by atoms with Crippen LogP contribution in [0.1, 0.15) is 60.8 Å². The fourth-order valence-corrected chi connectivity index (χ4v) is 3.44. The number of rotatable bonds is 4. The van der Waals surface area contributed by atoms with Crippen molar-refractivity contribution in [2.24, 2.45) is 5.92 Å². The zero-order valence-electron chi connectivity index (χ0n) is 14.6. The lowest BCUT2D eigenvalue weighted by molar-refractivity contribution is 0.0719. The smallest absolute Gasteiger partial charge is 0.292 e. The Labute approximate surface area is 143 Å². The van der Waals surface area contributed by atoms with E-state index in [9.17, 15) is 4.79 Å². The first-order valence-corrected chi connectivity index (χ1v) is 8.93. The molecular weight excluding hydrogens is 300 g/mol. The average molecular weight is 326 g/mol. The van der Waals surface area contributed by atoms with Crippen LogP contribution in [0.4, 0.5) is 0 Å². The van der Waals surface area contributed by atoms with Gasteiger partial charge in [-0.25, -0.2) is 0 Å². The number of nitrogens with zero attached hydrogens (tertiary/aromatic N) is 2. The Balaban J connectivity index is 1.63. The maximum absolute atomic E-state index is 12.7. The van der Waals surface area contributed by atoms with E-state index >= 15 is 0 Å². The summed E-state index contributed by atoms with van der Waals surface area (Å²) in [6.07, 6.45) is 4.00. The van der Waals surface area contributed by atoms with E-state index in [0.29, 0.717) is 17.6 Å². The van der Waals surface area contributed by atoms with Gasteiger partial charge in [-0.1, -0.05) is 49.3 Å². The molecule has 1 aliphatic heterocycles. The molecule has 2 heterocycles. The summed E-state index contributed by atoms with van der Waals surface area (Å²) in [4.78, 5) is 14.6. The molecule has 3 rings (SSSR count). The molecule has 0 N–H and O–H groups in total. The minimum absolute atomic E-state index is 0.0220. The minimum atomic E-state index is -0.0220. The van der Waals surface area contributed by atoms with E-state index in [-0.39, 0.29) is 5.91 Å². The first-order chi connectivity index (χ1) is 11.6. The maximum atomic E-state index is 12.7. The summed E-state index contributed by atoms with van der Waals surface area (Å²) >= 11 is 0. The Kier molecular flexibility index (Phi) is 5.34. The Bertz CT molecular complexity index is 663. The van der Waals surface area contributed by atoms with Crippen molar-refractivity contribution < 1.29 is 9.32 Å². The molecule has 0 radical (unpaired) electrons. The molecule has 1 unspecified atom stereocenters. The Morgan fingerprint density at radius 2 is 2.04 bits per heavy atom. The molecule has 0 saturated carbocycles. The highest BCUT2D eigenvalue weighted by Crippen LogP contribution is 2.28. The number of aromatic nitrogens is 1. The molecule has 1 saturated heterocycles. The molecule has 4 heteroatoms. The van der Waals surface area contributed by atoms with Gasteiger partial charge < -0.3 is 9.42 Å². The molecule has 0 spiro atoms. The standard InChI is InChI=1S/C20H26N2O2/c1-15(2)13-18-14-19(24-21-18)20(23)22-11-6-9-17(10-12-22)16-7-4-3-5-8-16/h3-5,7-8,14-15,17H,6,9-13H2,1-2H3. The molecule has 24 heavy (non-hydrogen) atoms. The van der Waals surface area contributed by atoms with Gasteiger partial charge in [-0.3, -0.25) is 4.79 Å².